The van der Waals surface area contributed by atoms with E-state index in [0.717, 1.165) is 4.90 Å². The fourth-order valence-electron chi connectivity index (χ4n) is 2.48. The van der Waals surface area contributed by atoms with Crippen LogP contribution in [0, 0.1) is 5.82 Å². The summed E-state index contributed by atoms with van der Waals surface area (Å²) in [6.45, 7) is -0.456. The first kappa shape index (κ1) is 20.6. The number of carbonyl (C=O) groups excluding carboxylic acids is 1. The summed E-state index contributed by atoms with van der Waals surface area (Å²) in [5, 5.41) is 8.65. The summed E-state index contributed by atoms with van der Waals surface area (Å²) in [5.41, 5.74) is 0.456. The summed E-state index contributed by atoms with van der Waals surface area (Å²) in [4.78, 5) is 25.4. The maximum absolute atomic E-state index is 14.4. The van der Waals surface area contributed by atoms with E-state index >= 15 is 0 Å². The molecule has 8 heteroatoms. The van der Waals surface area contributed by atoms with Gasteiger partial charge in [0.15, 0.2) is 5.78 Å². The van der Waals surface area contributed by atoms with Crippen LogP contribution in [0.2, 0.25) is 5.02 Å². The quantitative estimate of drug-likeness (QED) is 0.420. The molecule has 0 radical (unpaired) electrons. The van der Waals surface area contributed by atoms with Crippen molar-refractivity contribution in [1.29, 1.82) is 0 Å². The molecular weight excluding hydrogens is 381 g/mol. The molecule has 0 saturated carbocycles. The van der Waals surface area contributed by atoms with Crippen molar-refractivity contribution in [2.75, 3.05) is 26.1 Å². The van der Waals surface area contributed by atoms with Crippen molar-refractivity contribution in [2.24, 2.45) is 7.05 Å². The Hall–Kier alpha value is -1.67. The molecule has 1 N–H and O–H groups in total. The Labute approximate surface area is 159 Å². The van der Waals surface area contributed by atoms with E-state index in [1.165, 1.54) is 35.5 Å². The highest BCUT2D eigenvalue weighted by Gasteiger charge is 2.19. The van der Waals surface area contributed by atoms with Gasteiger partial charge in [-0.1, -0.05) is 17.7 Å². The lowest BCUT2D eigenvalue weighted by atomic mass is 10.0. The Kier molecular flexibility index (Phi) is 7.40. The molecule has 0 aliphatic carbocycles. The van der Waals surface area contributed by atoms with Crippen LogP contribution in [0.1, 0.15) is 21.6 Å². The van der Waals surface area contributed by atoms with Crippen LogP contribution in [-0.2, 0) is 18.2 Å². The molecule has 1 aromatic carbocycles. The molecule has 2 aromatic rings. The first-order valence-electron chi connectivity index (χ1n) is 7.81. The fraction of sp³-hybridized carbons (Fsp3) is 0.333. The maximum atomic E-state index is 14.4. The van der Waals surface area contributed by atoms with Crippen molar-refractivity contribution in [3.63, 3.8) is 0 Å². The van der Waals surface area contributed by atoms with E-state index in [2.05, 4.69) is 0 Å². The molecule has 2 rings (SSSR count). The fourth-order valence-corrected chi connectivity index (χ4v) is 3.14. The van der Waals surface area contributed by atoms with Crippen molar-refractivity contribution in [1.82, 2.24) is 4.57 Å². The normalized spacial score (nSPS) is 11.0. The number of aliphatic hydroxyl groups is 1. The molecule has 0 spiro atoms. The molecule has 0 fully saturated rings. The molecule has 140 valence electrons. The number of rotatable bonds is 8. The van der Waals surface area contributed by atoms with Gasteiger partial charge in [0, 0.05) is 29.6 Å². The molecule has 0 aliphatic rings. The number of hydrogen-bond donors (Lipinski definition) is 1. The monoisotopic (exact) mass is 399 g/mol. The van der Waals surface area contributed by atoms with E-state index in [4.69, 9.17) is 21.4 Å². The van der Waals surface area contributed by atoms with Crippen molar-refractivity contribution in [3.8, 4) is 0 Å². The molecule has 0 unspecified atom stereocenters. The molecule has 1 heterocycles. The van der Waals surface area contributed by atoms with E-state index in [0.29, 0.717) is 11.3 Å². The van der Waals surface area contributed by atoms with Gasteiger partial charge in [0.1, 0.15) is 17.4 Å². The Morgan fingerprint density at radius 2 is 2.12 bits per heavy atom. The van der Waals surface area contributed by atoms with Gasteiger partial charge in [-0.3, -0.25) is 9.59 Å². The number of benzene rings is 1. The highest BCUT2D eigenvalue weighted by molar-refractivity contribution is 7.98. The molecular formula is C18H19ClFNO4S. The predicted octanol–water partition coefficient (Wildman–Crippen LogP) is 2.68. The number of ether oxygens (including phenoxy) is 1. The number of halogens is 2. The molecule has 0 bridgehead atoms. The topological polar surface area (TPSA) is 68.5 Å². The van der Waals surface area contributed by atoms with E-state index < -0.39 is 17.2 Å². The van der Waals surface area contributed by atoms with E-state index in [-0.39, 0.29) is 36.8 Å². The Bertz CT molecular complexity index is 869. The van der Waals surface area contributed by atoms with Gasteiger partial charge in [-0.05, 0) is 30.0 Å². The zero-order valence-corrected chi connectivity index (χ0v) is 16.0. The summed E-state index contributed by atoms with van der Waals surface area (Å²) >= 11 is 7.35. The SMILES string of the molecule is CSc1ccc(Cc2c(C(=O)COCCO)cc(Cl)c(=O)n2C)c(F)c1. The Morgan fingerprint density at radius 1 is 1.38 bits per heavy atom. The van der Waals surface area contributed by atoms with Crippen molar-refractivity contribution < 1.29 is 19.0 Å². The second kappa shape index (κ2) is 9.32. The van der Waals surface area contributed by atoms with Crippen LogP contribution in [0.5, 0.6) is 0 Å². The molecule has 0 atom stereocenters. The highest BCUT2D eigenvalue weighted by Crippen LogP contribution is 2.22. The third kappa shape index (κ3) is 4.73. The summed E-state index contributed by atoms with van der Waals surface area (Å²) < 4.78 is 20.7. The van der Waals surface area contributed by atoms with Crippen molar-refractivity contribution >= 4 is 29.1 Å². The van der Waals surface area contributed by atoms with Crippen LogP contribution >= 0.6 is 23.4 Å². The highest BCUT2D eigenvalue weighted by atomic mass is 35.5. The van der Waals surface area contributed by atoms with Gasteiger partial charge in [0.25, 0.3) is 5.56 Å². The number of Topliss-reactive ketones (excluding diaryl/α,β-unsaturated/α-hetero) is 1. The average Bonchev–Trinajstić information content (AvgIpc) is 2.63. The molecule has 0 aliphatic heterocycles. The third-order valence-corrected chi connectivity index (χ3v) is 4.88. The summed E-state index contributed by atoms with van der Waals surface area (Å²) in [5.74, 6) is -0.804. The van der Waals surface area contributed by atoms with Gasteiger partial charge in [-0.15, -0.1) is 11.8 Å². The number of pyridine rings is 1. The largest absolute Gasteiger partial charge is 0.394 e. The van der Waals surface area contributed by atoms with Gasteiger partial charge >= 0.3 is 0 Å². The van der Waals surface area contributed by atoms with Gasteiger partial charge in [-0.25, -0.2) is 4.39 Å². The van der Waals surface area contributed by atoms with Crippen molar-refractivity contribution in [2.45, 2.75) is 11.3 Å². The van der Waals surface area contributed by atoms with Crippen LogP contribution in [0.3, 0.4) is 0 Å². The maximum Gasteiger partial charge on any atom is 0.269 e. The van der Waals surface area contributed by atoms with Gasteiger partial charge < -0.3 is 14.4 Å². The summed E-state index contributed by atoms with van der Waals surface area (Å²) in [6.07, 6.45) is 1.91. The van der Waals surface area contributed by atoms with Gasteiger partial charge in [0.05, 0.1) is 13.2 Å². The zero-order chi connectivity index (χ0) is 19.3. The van der Waals surface area contributed by atoms with Gasteiger partial charge in [0.2, 0.25) is 0 Å². The third-order valence-electron chi connectivity index (χ3n) is 3.88. The van der Waals surface area contributed by atoms with Crippen LogP contribution in [-0.4, -0.2) is 41.5 Å². The first-order valence-corrected chi connectivity index (χ1v) is 9.42. The van der Waals surface area contributed by atoms with E-state index in [1.807, 2.05) is 6.26 Å². The molecule has 0 saturated heterocycles. The van der Waals surface area contributed by atoms with Crippen molar-refractivity contribution in [3.05, 3.63) is 62.3 Å². The smallest absolute Gasteiger partial charge is 0.269 e. The number of aromatic nitrogens is 1. The second-order valence-electron chi connectivity index (χ2n) is 5.55. The van der Waals surface area contributed by atoms with Crippen LogP contribution in [0.15, 0.2) is 34.0 Å². The number of hydrogen-bond acceptors (Lipinski definition) is 5. The summed E-state index contributed by atoms with van der Waals surface area (Å²) in [7, 11) is 1.49. The Morgan fingerprint density at radius 3 is 2.73 bits per heavy atom. The summed E-state index contributed by atoms with van der Waals surface area (Å²) in [6, 6.07) is 6.12. The lowest BCUT2D eigenvalue weighted by molar-refractivity contribution is 0.0662. The van der Waals surface area contributed by atoms with Gasteiger partial charge in [-0.2, -0.15) is 0 Å². The first-order chi connectivity index (χ1) is 12.4. The minimum absolute atomic E-state index is 0.0192. The number of aliphatic hydroxyl groups excluding tert-OH is 1. The van der Waals surface area contributed by atoms with Crippen LogP contribution in [0.4, 0.5) is 4.39 Å². The number of carbonyl (C=O) groups is 1. The van der Waals surface area contributed by atoms with E-state index in [9.17, 15) is 14.0 Å². The second-order valence-corrected chi connectivity index (χ2v) is 6.84. The minimum Gasteiger partial charge on any atom is -0.394 e. The minimum atomic E-state index is -0.462. The molecule has 5 nitrogen and oxygen atoms in total. The standard InChI is InChI=1S/C18H19ClFNO4S/c1-21-16(7-11-3-4-12(26-2)8-15(11)20)13(9-14(19)18(21)24)17(23)10-25-6-5-22/h3-4,8-9,22H,5-7,10H2,1-2H3. The van der Waals surface area contributed by atoms with E-state index in [1.54, 1.807) is 12.1 Å². The average molecular weight is 400 g/mol. The zero-order valence-electron chi connectivity index (χ0n) is 14.4. The molecule has 1 aromatic heterocycles. The lowest BCUT2D eigenvalue weighted by Gasteiger charge is -2.15. The van der Waals surface area contributed by atoms with Crippen LogP contribution < -0.4 is 5.56 Å². The number of nitrogens with zero attached hydrogens (tertiary/aromatic N) is 1. The lowest BCUT2D eigenvalue weighted by Crippen LogP contribution is -2.26. The Balaban J connectivity index is 2.44. The number of thioether (sulfide) groups is 1. The molecule has 26 heavy (non-hydrogen) atoms. The molecule has 0 amide bonds. The number of ketones is 1. The van der Waals surface area contributed by atoms with Crippen LogP contribution in [0.25, 0.3) is 0 Å². The predicted molar refractivity (Wildman–Crippen MR) is 99.9 cm³/mol.